The van der Waals surface area contributed by atoms with Gasteiger partial charge in [-0.1, -0.05) is 30.3 Å². The number of esters is 1. The second-order valence-electron chi connectivity index (χ2n) is 6.76. The number of hydrogen-bond donors (Lipinski definition) is 2. The predicted molar refractivity (Wildman–Crippen MR) is 103 cm³/mol. The number of likely N-dealkylation sites (tertiary alicyclic amines) is 1. The quantitative estimate of drug-likeness (QED) is 0.488. The molecule has 0 unspecified atom stereocenters. The fourth-order valence-electron chi connectivity index (χ4n) is 3.27. The average molecular weight is 391 g/mol. The van der Waals surface area contributed by atoms with Gasteiger partial charge in [0.25, 0.3) is 0 Å². The van der Waals surface area contributed by atoms with Gasteiger partial charge in [0.1, 0.15) is 18.7 Å². The molecule has 3 N–H and O–H groups in total. The van der Waals surface area contributed by atoms with Crippen LogP contribution in [0.1, 0.15) is 37.7 Å². The number of amides is 2. The Morgan fingerprint density at radius 1 is 1.25 bits per heavy atom. The summed E-state index contributed by atoms with van der Waals surface area (Å²) in [5.74, 6) is -0.722. The molecule has 1 heterocycles. The average Bonchev–Trinajstić information content (AvgIpc) is 3.21. The maximum atomic E-state index is 13.0. The van der Waals surface area contributed by atoms with Gasteiger partial charge < -0.3 is 25.4 Å². The topological polar surface area (TPSA) is 111 Å². The molecule has 0 radical (unpaired) electrons. The lowest BCUT2D eigenvalue weighted by Crippen LogP contribution is -2.52. The highest BCUT2D eigenvalue weighted by Gasteiger charge is 2.38. The lowest BCUT2D eigenvalue weighted by atomic mass is 10.1. The molecule has 2 atom stereocenters. The first-order valence-corrected chi connectivity index (χ1v) is 9.62. The molecule has 0 aromatic heterocycles. The highest BCUT2D eigenvalue weighted by Crippen LogP contribution is 2.20. The van der Waals surface area contributed by atoms with E-state index >= 15 is 0 Å². The maximum Gasteiger partial charge on any atom is 0.408 e. The van der Waals surface area contributed by atoms with E-state index in [0.717, 1.165) is 18.4 Å². The van der Waals surface area contributed by atoms with Gasteiger partial charge in [0, 0.05) is 6.54 Å². The van der Waals surface area contributed by atoms with Gasteiger partial charge in [0.05, 0.1) is 7.11 Å². The molecule has 8 nitrogen and oxygen atoms in total. The van der Waals surface area contributed by atoms with Gasteiger partial charge in [-0.15, -0.1) is 0 Å². The van der Waals surface area contributed by atoms with Crippen LogP contribution in [0.2, 0.25) is 0 Å². The largest absolute Gasteiger partial charge is 0.467 e. The minimum absolute atomic E-state index is 0.116. The van der Waals surface area contributed by atoms with Gasteiger partial charge in [-0.2, -0.15) is 0 Å². The van der Waals surface area contributed by atoms with Gasteiger partial charge in [-0.25, -0.2) is 9.59 Å². The van der Waals surface area contributed by atoms with Crippen molar-refractivity contribution in [3.8, 4) is 0 Å². The number of hydrogen-bond acceptors (Lipinski definition) is 6. The van der Waals surface area contributed by atoms with Crippen LogP contribution in [-0.4, -0.2) is 55.2 Å². The highest BCUT2D eigenvalue weighted by atomic mass is 16.5. The number of nitrogens with one attached hydrogen (secondary N) is 1. The Morgan fingerprint density at radius 3 is 2.68 bits per heavy atom. The van der Waals surface area contributed by atoms with Crippen molar-refractivity contribution in [2.75, 3.05) is 20.2 Å². The third-order valence-electron chi connectivity index (χ3n) is 4.76. The van der Waals surface area contributed by atoms with Crippen molar-refractivity contribution >= 4 is 18.0 Å². The summed E-state index contributed by atoms with van der Waals surface area (Å²) < 4.78 is 10.0. The highest BCUT2D eigenvalue weighted by molar-refractivity contribution is 5.90. The van der Waals surface area contributed by atoms with Gasteiger partial charge >= 0.3 is 12.1 Å². The summed E-state index contributed by atoms with van der Waals surface area (Å²) in [4.78, 5) is 38.7. The summed E-state index contributed by atoms with van der Waals surface area (Å²) in [6.07, 6.45) is 2.48. The van der Waals surface area contributed by atoms with Gasteiger partial charge in [0.15, 0.2) is 0 Å². The molecule has 0 spiro atoms. The Kier molecular flexibility index (Phi) is 8.74. The number of carbonyl (C=O) groups is 3. The van der Waals surface area contributed by atoms with E-state index in [1.807, 2.05) is 30.3 Å². The van der Waals surface area contributed by atoms with Crippen molar-refractivity contribution in [2.45, 2.75) is 50.8 Å². The van der Waals surface area contributed by atoms with Crippen LogP contribution in [0.5, 0.6) is 0 Å². The fourth-order valence-corrected chi connectivity index (χ4v) is 3.27. The van der Waals surface area contributed by atoms with Gasteiger partial charge in [-0.3, -0.25) is 4.79 Å². The van der Waals surface area contributed by atoms with Crippen molar-refractivity contribution < 1.29 is 23.9 Å². The summed E-state index contributed by atoms with van der Waals surface area (Å²) in [5, 5.41) is 2.66. The van der Waals surface area contributed by atoms with E-state index in [-0.39, 0.29) is 12.5 Å². The molecule has 1 aliphatic rings. The minimum atomic E-state index is -0.764. The summed E-state index contributed by atoms with van der Waals surface area (Å²) >= 11 is 0. The van der Waals surface area contributed by atoms with Crippen LogP contribution in [0.25, 0.3) is 0 Å². The number of alkyl carbamates (subject to hydrolysis) is 1. The minimum Gasteiger partial charge on any atom is -0.467 e. The van der Waals surface area contributed by atoms with E-state index in [2.05, 4.69) is 5.32 Å². The lowest BCUT2D eigenvalue weighted by molar-refractivity contribution is -0.151. The first-order valence-electron chi connectivity index (χ1n) is 9.62. The van der Waals surface area contributed by atoms with Crippen molar-refractivity contribution in [3.05, 3.63) is 35.9 Å². The molecule has 28 heavy (non-hydrogen) atoms. The van der Waals surface area contributed by atoms with Crippen LogP contribution < -0.4 is 11.1 Å². The first kappa shape index (κ1) is 21.7. The Bertz CT molecular complexity index is 653. The number of ether oxygens (including phenoxy) is 2. The number of unbranched alkanes of at least 4 members (excludes halogenated alkanes) is 1. The number of carbonyl (C=O) groups excluding carboxylic acids is 3. The molecule has 154 valence electrons. The van der Waals surface area contributed by atoms with E-state index in [0.29, 0.717) is 32.4 Å². The third-order valence-corrected chi connectivity index (χ3v) is 4.76. The molecule has 0 saturated carbocycles. The summed E-state index contributed by atoms with van der Waals surface area (Å²) in [6.45, 7) is 1.09. The Hall–Kier alpha value is -2.61. The Morgan fingerprint density at radius 2 is 2.00 bits per heavy atom. The van der Waals surface area contributed by atoms with Crippen LogP contribution in [0.4, 0.5) is 4.79 Å². The molecule has 0 bridgehead atoms. The zero-order valence-corrected chi connectivity index (χ0v) is 16.3. The fraction of sp³-hybridized carbons (Fsp3) is 0.550. The molecule has 1 aromatic rings. The zero-order valence-electron chi connectivity index (χ0n) is 16.3. The van der Waals surface area contributed by atoms with Crippen molar-refractivity contribution in [3.63, 3.8) is 0 Å². The molecular weight excluding hydrogens is 362 g/mol. The number of methoxy groups -OCH3 is 1. The van der Waals surface area contributed by atoms with Crippen LogP contribution in [0.15, 0.2) is 30.3 Å². The van der Waals surface area contributed by atoms with Crippen LogP contribution in [0.3, 0.4) is 0 Å². The monoisotopic (exact) mass is 391 g/mol. The molecule has 1 aromatic carbocycles. The molecule has 1 aliphatic heterocycles. The lowest BCUT2D eigenvalue weighted by Gasteiger charge is -2.27. The zero-order chi connectivity index (χ0) is 20.4. The van der Waals surface area contributed by atoms with E-state index in [9.17, 15) is 14.4 Å². The molecule has 8 heteroatoms. The van der Waals surface area contributed by atoms with E-state index in [4.69, 9.17) is 15.2 Å². The SMILES string of the molecule is COC(=O)[C@@H]1CCCN1C(=O)[C@H](CCCCN)NC(=O)OCc1ccccc1. The van der Waals surface area contributed by atoms with Gasteiger partial charge in [-0.05, 0) is 44.2 Å². The number of rotatable bonds is 9. The van der Waals surface area contributed by atoms with Crippen LogP contribution in [-0.2, 0) is 25.7 Å². The van der Waals surface area contributed by atoms with Crippen molar-refractivity contribution in [2.24, 2.45) is 5.73 Å². The number of benzene rings is 1. The van der Waals surface area contributed by atoms with Crippen molar-refractivity contribution in [1.29, 1.82) is 0 Å². The van der Waals surface area contributed by atoms with Crippen molar-refractivity contribution in [1.82, 2.24) is 10.2 Å². The Balaban J connectivity index is 1.98. The molecule has 2 amide bonds. The second-order valence-corrected chi connectivity index (χ2v) is 6.76. The molecule has 0 aliphatic carbocycles. The Labute approximate surface area is 165 Å². The first-order chi connectivity index (χ1) is 13.6. The van der Waals surface area contributed by atoms with Crippen LogP contribution in [0, 0.1) is 0 Å². The molecule has 1 fully saturated rings. The maximum absolute atomic E-state index is 13.0. The summed E-state index contributed by atoms with van der Waals surface area (Å²) in [7, 11) is 1.31. The van der Waals surface area contributed by atoms with Crippen LogP contribution >= 0.6 is 0 Å². The number of nitrogens with two attached hydrogens (primary N) is 1. The molecule has 1 saturated heterocycles. The van der Waals surface area contributed by atoms with E-state index in [1.54, 1.807) is 0 Å². The standard InChI is InChI=1S/C20H29N3O5/c1-27-19(25)17-11-7-13-23(17)18(24)16(10-5-6-12-21)22-20(26)28-14-15-8-3-2-4-9-15/h2-4,8-9,16-17H,5-7,10-14,21H2,1H3,(H,22,26)/t16-,17-/m0/s1. The van der Waals surface area contributed by atoms with E-state index < -0.39 is 24.1 Å². The van der Waals surface area contributed by atoms with Gasteiger partial charge in [0.2, 0.25) is 5.91 Å². The summed E-state index contributed by atoms with van der Waals surface area (Å²) in [5.41, 5.74) is 6.39. The number of nitrogens with zero attached hydrogens (tertiary/aromatic N) is 1. The molecule has 2 rings (SSSR count). The normalized spacial score (nSPS) is 17.1. The smallest absolute Gasteiger partial charge is 0.408 e. The summed E-state index contributed by atoms with van der Waals surface area (Å²) in [6, 6.07) is 7.93. The third kappa shape index (κ3) is 6.23. The molecular formula is C20H29N3O5. The van der Waals surface area contributed by atoms with E-state index in [1.165, 1.54) is 12.0 Å². The second kappa shape index (κ2) is 11.3. The predicted octanol–water partition coefficient (Wildman–Crippen LogP) is 1.57.